The highest BCUT2D eigenvalue weighted by molar-refractivity contribution is 9.10. The van der Waals surface area contributed by atoms with Crippen LogP contribution in [0.25, 0.3) is 0 Å². The summed E-state index contributed by atoms with van der Waals surface area (Å²) in [5, 5.41) is 3.59. The van der Waals surface area contributed by atoms with Gasteiger partial charge in [0.2, 0.25) is 0 Å². The molecular formula is C16H26BrN3. The first kappa shape index (κ1) is 15.8. The van der Waals surface area contributed by atoms with Crippen LogP contribution < -0.4 is 10.2 Å². The van der Waals surface area contributed by atoms with Crippen LogP contribution in [0.4, 0.5) is 5.82 Å². The summed E-state index contributed by atoms with van der Waals surface area (Å²) < 4.78 is 1.05. The molecule has 1 aliphatic rings. The Morgan fingerprint density at radius 2 is 2.10 bits per heavy atom. The van der Waals surface area contributed by atoms with Gasteiger partial charge in [-0.25, -0.2) is 4.98 Å². The van der Waals surface area contributed by atoms with E-state index < -0.39 is 0 Å². The average Bonchev–Trinajstić information content (AvgIpc) is 3.17. The molecule has 0 amide bonds. The van der Waals surface area contributed by atoms with Crippen LogP contribution in [0.1, 0.15) is 46.1 Å². The molecule has 1 N–H and O–H groups in total. The third kappa shape index (κ3) is 3.95. The number of hydrogen-bond donors (Lipinski definition) is 1. The van der Waals surface area contributed by atoms with Crippen LogP contribution in [-0.4, -0.2) is 24.1 Å². The molecule has 1 saturated carbocycles. The highest BCUT2D eigenvalue weighted by Gasteiger charge is 2.27. The molecule has 20 heavy (non-hydrogen) atoms. The van der Waals surface area contributed by atoms with Gasteiger partial charge in [-0.1, -0.05) is 20.8 Å². The second kappa shape index (κ2) is 6.02. The minimum Gasteiger partial charge on any atom is -0.356 e. The zero-order valence-corrected chi connectivity index (χ0v) is 14.8. The summed E-state index contributed by atoms with van der Waals surface area (Å²) in [7, 11) is 2.15. The number of nitrogens with zero attached hydrogens (tertiary/aromatic N) is 2. The number of halogens is 1. The predicted molar refractivity (Wildman–Crippen MR) is 89.1 cm³/mol. The number of pyridine rings is 1. The molecule has 1 heterocycles. The van der Waals surface area contributed by atoms with Crippen molar-refractivity contribution in [2.75, 3.05) is 11.9 Å². The second-order valence-corrected chi connectivity index (χ2v) is 7.86. The van der Waals surface area contributed by atoms with Gasteiger partial charge >= 0.3 is 0 Å². The van der Waals surface area contributed by atoms with E-state index in [9.17, 15) is 0 Å². The number of aromatic nitrogens is 1. The minimum atomic E-state index is 0.227. The molecule has 4 heteroatoms. The molecule has 3 nitrogen and oxygen atoms in total. The summed E-state index contributed by atoms with van der Waals surface area (Å²) in [6.07, 6.45) is 4.51. The molecule has 0 spiro atoms. The highest BCUT2D eigenvalue weighted by atomic mass is 79.9. The molecule has 1 aliphatic carbocycles. The lowest BCUT2D eigenvalue weighted by Gasteiger charge is -2.37. The molecule has 0 radical (unpaired) electrons. The highest BCUT2D eigenvalue weighted by Crippen LogP contribution is 2.30. The molecule has 0 saturated heterocycles. The van der Waals surface area contributed by atoms with Crippen LogP contribution in [-0.2, 0) is 6.54 Å². The fraction of sp³-hybridized carbons (Fsp3) is 0.688. The Bertz CT molecular complexity index is 463. The first-order chi connectivity index (χ1) is 9.29. The van der Waals surface area contributed by atoms with E-state index in [1.807, 2.05) is 6.20 Å². The van der Waals surface area contributed by atoms with Crippen molar-refractivity contribution < 1.29 is 0 Å². The van der Waals surface area contributed by atoms with Crippen molar-refractivity contribution in [2.45, 2.75) is 59.2 Å². The van der Waals surface area contributed by atoms with E-state index in [-0.39, 0.29) is 5.41 Å². The fourth-order valence-corrected chi connectivity index (χ4v) is 2.61. The van der Waals surface area contributed by atoms with Gasteiger partial charge in [0.25, 0.3) is 0 Å². The van der Waals surface area contributed by atoms with E-state index >= 15 is 0 Å². The van der Waals surface area contributed by atoms with Crippen LogP contribution in [0.15, 0.2) is 16.7 Å². The maximum atomic E-state index is 4.65. The lowest BCUT2D eigenvalue weighted by molar-refractivity contribution is 0.328. The van der Waals surface area contributed by atoms with Gasteiger partial charge in [-0.2, -0.15) is 0 Å². The van der Waals surface area contributed by atoms with Gasteiger partial charge in [0.05, 0.1) is 0 Å². The molecule has 1 aromatic rings. The standard InChI is InChI=1S/C16H26BrN3/c1-11(16(2,3)4)20(5)15-12(8-13(17)10-19-15)9-18-14-6-7-14/h8,10-11,14,18H,6-7,9H2,1-5H3. The van der Waals surface area contributed by atoms with E-state index in [2.05, 4.69) is 71.9 Å². The van der Waals surface area contributed by atoms with Gasteiger partial charge in [0.15, 0.2) is 0 Å². The monoisotopic (exact) mass is 339 g/mol. The van der Waals surface area contributed by atoms with Gasteiger partial charge in [-0.15, -0.1) is 0 Å². The zero-order chi connectivity index (χ0) is 14.9. The number of anilines is 1. The Morgan fingerprint density at radius 3 is 2.65 bits per heavy atom. The summed E-state index contributed by atoms with van der Waals surface area (Å²) >= 11 is 3.54. The zero-order valence-electron chi connectivity index (χ0n) is 13.2. The lowest BCUT2D eigenvalue weighted by Crippen LogP contribution is -2.40. The molecule has 0 aliphatic heterocycles. The van der Waals surface area contributed by atoms with Crippen molar-refractivity contribution in [3.63, 3.8) is 0 Å². The topological polar surface area (TPSA) is 28.2 Å². The molecule has 1 aromatic heterocycles. The van der Waals surface area contributed by atoms with E-state index in [1.165, 1.54) is 18.4 Å². The number of nitrogens with one attached hydrogen (secondary N) is 1. The third-order valence-electron chi connectivity index (χ3n) is 4.24. The van der Waals surface area contributed by atoms with Crippen molar-refractivity contribution in [3.05, 3.63) is 22.3 Å². The Hall–Kier alpha value is -0.610. The van der Waals surface area contributed by atoms with Crippen LogP contribution in [0.2, 0.25) is 0 Å². The van der Waals surface area contributed by atoms with Crippen LogP contribution in [0.3, 0.4) is 0 Å². The van der Waals surface area contributed by atoms with E-state index in [4.69, 9.17) is 0 Å². The molecular weight excluding hydrogens is 314 g/mol. The Morgan fingerprint density at radius 1 is 1.45 bits per heavy atom. The molecule has 1 atom stereocenters. The number of hydrogen-bond acceptors (Lipinski definition) is 3. The summed E-state index contributed by atoms with van der Waals surface area (Å²) in [5.74, 6) is 1.09. The average molecular weight is 340 g/mol. The first-order valence-electron chi connectivity index (χ1n) is 7.39. The summed E-state index contributed by atoms with van der Waals surface area (Å²) in [6.45, 7) is 9.98. The van der Waals surface area contributed by atoms with Crippen molar-refractivity contribution in [3.8, 4) is 0 Å². The van der Waals surface area contributed by atoms with Crippen LogP contribution in [0, 0.1) is 5.41 Å². The Kier molecular flexibility index (Phi) is 4.75. The largest absolute Gasteiger partial charge is 0.356 e. The summed E-state index contributed by atoms with van der Waals surface area (Å²) in [5.41, 5.74) is 1.50. The maximum Gasteiger partial charge on any atom is 0.133 e. The smallest absolute Gasteiger partial charge is 0.133 e. The summed E-state index contributed by atoms with van der Waals surface area (Å²) in [6, 6.07) is 3.33. The number of rotatable bonds is 5. The molecule has 1 unspecified atom stereocenters. The SMILES string of the molecule is CC(N(C)c1ncc(Br)cc1CNC1CC1)C(C)(C)C. The predicted octanol–water partition coefficient (Wildman–Crippen LogP) is 3.97. The van der Waals surface area contributed by atoms with Gasteiger partial charge in [0.1, 0.15) is 5.82 Å². The van der Waals surface area contributed by atoms with Crippen molar-refractivity contribution in [2.24, 2.45) is 5.41 Å². The normalized spacial score (nSPS) is 17.1. The van der Waals surface area contributed by atoms with Crippen molar-refractivity contribution in [1.82, 2.24) is 10.3 Å². The van der Waals surface area contributed by atoms with Gasteiger partial charge in [0, 0.05) is 41.9 Å². The van der Waals surface area contributed by atoms with Crippen molar-refractivity contribution in [1.29, 1.82) is 0 Å². The van der Waals surface area contributed by atoms with Gasteiger partial charge in [-0.3, -0.25) is 0 Å². The molecule has 0 aromatic carbocycles. The molecule has 2 rings (SSSR count). The van der Waals surface area contributed by atoms with Crippen LogP contribution >= 0.6 is 15.9 Å². The molecule has 0 bridgehead atoms. The molecule has 112 valence electrons. The lowest BCUT2D eigenvalue weighted by atomic mass is 9.87. The Balaban J connectivity index is 2.19. The van der Waals surface area contributed by atoms with Gasteiger partial charge < -0.3 is 10.2 Å². The fourth-order valence-electron chi connectivity index (χ4n) is 2.23. The minimum absolute atomic E-state index is 0.227. The van der Waals surface area contributed by atoms with E-state index in [0.717, 1.165) is 16.8 Å². The summed E-state index contributed by atoms with van der Waals surface area (Å²) in [4.78, 5) is 6.95. The van der Waals surface area contributed by atoms with Crippen LogP contribution in [0.5, 0.6) is 0 Å². The van der Waals surface area contributed by atoms with Gasteiger partial charge in [-0.05, 0) is 47.2 Å². The molecule has 1 fully saturated rings. The van der Waals surface area contributed by atoms with E-state index in [0.29, 0.717) is 12.1 Å². The Labute approximate surface area is 131 Å². The third-order valence-corrected chi connectivity index (χ3v) is 4.67. The maximum absolute atomic E-state index is 4.65. The quantitative estimate of drug-likeness (QED) is 0.879. The first-order valence-corrected chi connectivity index (χ1v) is 8.19. The van der Waals surface area contributed by atoms with E-state index in [1.54, 1.807) is 0 Å². The van der Waals surface area contributed by atoms with Crippen molar-refractivity contribution >= 4 is 21.7 Å². The second-order valence-electron chi connectivity index (χ2n) is 6.94.